The summed E-state index contributed by atoms with van der Waals surface area (Å²) in [7, 11) is 3.60. The number of aliphatic imine (C=N–C) groups is 1. The fourth-order valence-corrected chi connectivity index (χ4v) is 4.03. The Morgan fingerprint density at radius 2 is 1.76 bits per heavy atom. The molecule has 0 bridgehead atoms. The highest BCUT2D eigenvalue weighted by atomic mass is 19.4. The molecule has 0 radical (unpaired) electrons. The van der Waals surface area contributed by atoms with Crippen molar-refractivity contribution >= 4 is 17.5 Å². The molecule has 0 atom stereocenters. The minimum Gasteiger partial charge on any atom is -0.381 e. The third-order valence-corrected chi connectivity index (χ3v) is 6.37. The van der Waals surface area contributed by atoms with Gasteiger partial charge in [-0.3, -0.25) is 4.90 Å². The maximum absolute atomic E-state index is 13.9. The van der Waals surface area contributed by atoms with E-state index in [-0.39, 0.29) is 12.1 Å². The summed E-state index contributed by atoms with van der Waals surface area (Å²) >= 11 is 0. The number of anilines is 1. The second-order valence-corrected chi connectivity index (χ2v) is 9.76. The van der Waals surface area contributed by atoms with Crippen molar-refractivity contribution in [2.45, 2.75) is 60.3 Å². The average molecular weight is 581 g/mol. The molecule has 1 aromatic heterocycles. The lowest BCUT2D eigenvalue weighted by molar-refractivity contribution is -0.138. The summed E-state index contributed by atoms with van der Waals surface area (Å²) in [5, 5.41) is 3.15. The first-order valence-corrected chi connectivity index (χ1v) is 14.3. The van der Waals surface area contributed by atoms with E-state index in [1.54, 1.807) is 49.5 Å². The molecule has 0 amide bonds. The predicted octanol–water partition coefficient (Wildman–Crippen LogP) is 7.19. The van der Waals surface area contributed by atoms with Crippen LogP contribution in [0.4, 0.5) is 24.7 Å². The highest BCUT2D eigenvalue weighted by Crippen LogP contribution is 2.34. The zero-order valence-electron chi connectivity index (χ0n) is 25.7. The molecule has 0 spiro atoms. The van der Waals surface area contributed by atoms with Crippen LogP contribution in [0, 0.1) is 18.8 Å². The molecular formula is C33H43F3N6. The quantitative estimate of drug-likeness (QED) is 0.159. The molecule has 1 heterocycles. The van der Waals surface area contributed by atoms with E-state index in [4.69, 9.17) is 5.73 Å². The SMILES string of the molecule is CC.CCCN(CC)Cc1ccc(NCc2ccc(C)c(C#Cc3ccnc(N=C(N)N(C)C)c3)c2)cc1C(F)(F)F. The first kappa shape index (κ1) is 34.2. The van der Waals surface area contributed by atoms with Gasteiger partial charge in [-0.1, -0.05) is 57.7 Å². The number of nitrogens with two attached hydrogens (primary N) is 1. The van der Waals surface area contributed by atoms with Crippen LogP contribution in [0.2, 0.25) is 0 Å². The van der Waals surface area contributed by atoms with Crippen molar-refractivity contribution in [3.63, 3.8) is 0 Å². The summed E-state index contributed by atoms with van der Waals surface area (Å²) in [5.74, 6) is 7.14. The first-order valence-electron chi connectivity index (χ1n) is 14.3. The third-order valence-electron chi connectivity index (χ3n) is 6.37. The van der Waals surface area contributed by atoms with Gasteiger partial charge in [0, 0.05) is 50.2 Å². The van der Waals surface area contributed by atoms with Crippen LogP contribution in [0.3, 0.4) is 0 Å². The third kappa shape index (κ3) is 10.4. The topological polar surface area (TPSA) is 69.8 Å². The van der Waals surface area contributed by atoms with Gasteiger partial charge in [0.1, 0.15) is 0 Å². The van der Waals surface area contributed by atoms with Gasteiger partial charge in [0.25, 0.3) is 0 Å². The molecular weight excluding hydrogens is 537 g/mol. The smallest absolute Gasteiger partial charge is 0.381 e. The molecule has 0 aliphatic heterocycles. The van der Waals surface area contributed by atoms with E-state index in [2.05, 4.69) is 27.1 Å². The molecule has 9 heteroatoms. The fourth-order valence-electron chi connectivity index (χ4n) is 4.03. The molecule has 3 aromatic rings. The minimum atomic E-state index is -4.43. The molecule has 0 saturated carbocycles. The lowest BCUT2D eigenvalue weighted by Crippen LogP contribution is -2.29. The van der Waals surface area contributed by atoms with Crippen LogP contribution in [0.1, 0.15) is 67.5 Å². The van der Waals surface area contributed by atoms with Crippen molar-refractivity contribution in [2.75, 3.05) is 32.5 Å². The first-order chi connectivity index (χ1) is 20.0. The largest absolute Gasteiger partial charge is 0.416 e. The number of aryl methyl sites for hydroxylation is 1. The zero-order valence-corrected chi connectivity index (χ0v) is 25.7. The van der Waals surface area contributed by atoms with Crippen molar-refractivity contribution < 1.29 is 13.2 Å². The molecule has 2 aromatic carbocycles. The molecule has 3 rings (SSSR count). The fraction of sp³-hybridized carbons (Fsp3) is 0.394. The van der Waals surface area contributed by atoms with Crippen LogP contribution in [-0.4, -0.2) is 47.9 Å². The number of alkyl halides is 3. The summed E-state index contributed by atoms with van der Waals surface area (Å²) < 4.78 is 41.7. The number of nitrogens with zero attached hydrogens (tertiary/aromatic N) is 4. The van der Waals surface area contributed by atoms with Gasteiger partial charge in [-0.2, -0.15) is 18.2 Å². The van der Waals surface area contributed by atoms with Crippen LogP contribution >= 0.6 is 0 Å². The Hall–Kier alpha value is -4.03. The number of rotatable bonds is 9. The minimum absolute atomic E-state index is 0.272. The van der Waals surface area contributed by atoms with Gasteiger partial charge in [-0.15, -0.1) is 0 Å². The van der Waals surface area contributed by atoms with Gasteiger partial charge in [0.15, 0.2) is 11.8 Å². The van der Waals surface area contributed by atoms with E-state index in [1.807, 2.05) is 57.7 Å². The second-order valence-electron chi connectivity index (χ2n) is 9.76. The van der Waals surface area contributed by atoms with Crippen molar-refractivity contribution in [1.82, 2.24) is 14.8 Å². The maximum atomic E-state index is 13.9. The van der Waals surface area contributed by atoms with Crippen molar-refractivity contribution in [2.24, 2.45) is 10.7 Å². The maximum Gasteiger partial charge on any atom is 0.416 e. The van der Waals surface area contributed by atoms with E-state index in [0.29, 0.717) is 30.6 Å². The Balaban J connectivity index is 0.00000301. The number of halogens is 3. The molecule has 226 valence electrons. The Kier molecular flexibility index (Phi) is 13.4. The average Bonchev–Trinajstić information content (AvgIpc) is 2.97. The molecule has 42 heavy (non-hydrogen) atoms. The zero-order chi connectivity index (χ0) is 31.3. The normalized spacial score (nSPS) is 11.4. The standard InChI is InChI=1S/C31H37F3N6.C2H6/c1-6-16-40(7-2)21-26-12-13-27(19-28(26)31(32,33)34)37-20-24-9-8-22(3)25(17-24)11-10-23-14-15-36-29(18-23)38-30(35)39(4)5;1-2/h8-9,12-15,17-19,37H,6-7,16,20-21H2,1-5H3,(H2,35,36,38);1-2H3. The van der Waals surface area contributed by atoms with Gasteiger partial charge in [-0.25, -0.2) is 4.98 Å². The second kappa shape index (κ2) is 16.4. The molecule has 0 fully saturated rings. The van der Waals surface area contributed by atoms with Crippen molar-refractivity contribution in [1.29, 1.82) is 0 Å². The lowest BCUT2D eigenvalue weighted by Gasteiger charge is -2.23. The summed E-state index contributed by atoms with van der Waals surface area (Å²) in [6, 6.07) is 13.9. The van der Waals surface area contributed by atoms with E-state index >= 15 is 0 Å². The Labute approximate surface area is 248 Å². The number of hydrogen-bond donors (Lipinski definition) is 2. The Bertz CT molecular complexity index is 1390. The van der Waals surface area contributed by atoms with Gasteiger partial charge in [0.2, 0.25) is 0 Å². The summed E-state index contributed by atoms with van der Waals surface area (Å²) in [4.78, 5) is 12.2. The van der Waals surface area contributed by atoms with Gasteiger partial charge in [-0.05, 0) is 73.5 Å². The number of pyridine rings is 1. The van der Waals surface area contributed by atoms with Crippen LogP contribution in [-0.2, 0) is 19.3 Å². The molecule has 3 N–H and O–H groups in total. The summed E-state index contributed by atoms with van der Waals surface area (Å²) in [6.45, 7) is 12.0. The van der Waals surface area contributed by atoms with E-state index < -0.39 is 11.7 Å². The van der Waals surface area contributed by atoms with Crippen LogP contribution in [0.15, 0.2) is 59.7 Å². The summed E-state index contributed by atoms with van der Waals surface area (Å²) in [6.07, 6.45) is -1.91. The van der Waals surface area contributed by atoms with Crippen molar-refractivity contribution in [3.8, 4) is 11.8 Å². The molecule has 0 unspecified atom stereocenters. The number of benzene rings is 2. The van der Waals surface area contributed by atoms with Crippen LogP contribution in [0.5, 0.6) is 0 Å². The van der Waals surface area contributed by atoms with Crippen LogP contribution in [0.25, 0.3) is 0 Å². The van der Waals surface area contributed by atoms with Gasteiger partial charge in [0.05, 0.1) is 5.56 Å². The predicted molar refractivity (Wildman–Crippen MR) is 168 cm³/mol. The number of nitrogens with one attached hydrogen (secondary N) is 1. The van der Waals surface area contributed by atoms with Crippen molar-refractivity contribution in [3.05, 3.63) is 88.1 Å². The molecule has 6 nitrogen and oxygen atoms in total. The highest BCUT2D eigenvalue weighted by Gasteiger charge is 2.33. The number of hydrogen-bond acceptors (Lipinski definition) is 4. The number of guanidine groups is 1. The monoisotopic (exact) mass is 580 g/mol. The molecule has 0 saturated heterocycles. The van der Waals surface area contributed by atoms with Crippen LogP contribution < -0.4 is 11.1 Å². The van der Waals surface area contributed by atoms with E-state index in [9.17, 15) is 13.2 Å². The lowest BCUT2D eigenvalue weighted by atomic mass is 10.0. The Morgan fingerprint density at radius 3 is 2.40 bits per heavy atom. The van der Waals surface area contributed by atoms with Gasteiger partial charge >= 0.3 is 6.18 Å². The molecule has 0 aliphatic rings. The number of aromatic nitrogens is 1. The highest BCUT2D eigenvalue weighted by molar-refractivity contribution is 5.80. The van der Waals surface area contributed by atoms with Gasteiger partial charge < -0.3 is 16.0 Å². The molecule has 0 aliphatic carbocycles. The Morgan fingerprint density at radius 1 is 1.02 bits per heavy atom. The van der Waals surface area contributed by atoms with E-state index in [0.717, 1.165) is 35.2 Å². The van der Waals surface area contributed by atoms with E-state index in [1.165, 1.54) is 6.07 Å². The summed E-state index contributed by atoms with van der Waals surface area (Å²) in [5.41, 5.74) is 9.46.